The zero-order chi connectivity index (χ0) is 13.8. The number of H-pyrrole nitrogens is 1. The van der Waals surface area contributed by atoms with Gasteiger partial charge in [-0.3, -0.25) is 10.1 Å². The second-order valence-corrected chi connectivity index (χ2v) is 4.67. The third-order valence-corrected chi connectivity index (χ3v) is 2.82. The smallest absolute Gasteiger partial charge is 0.359 e. The first-order valence-electron chi connectivity index (χ1n) is 6.25. The predicted octanol–water partition coefficient (Wildman–Crippen LogP) is 2.85. The van der Waals surface area contributed by atoms with Gasteiger partial charge in [-0.15, -0.1) is 0 Å². The van der Waals surface area contributed by atoms with Crippen molar-refractivity contribution in [3.8, 4) is 0 Å². The van der Waals surface area contributed by atoms with Crippen molar-refractivity contribution < 1.29 is 9.53 Å². The monoisotopic (exact) mass is 259 g/mol. The summed E-state index contributed by atoms with van der Waals surface area (Å²) in [6.45, 7) is 5.84. The number of ether oxygens (including phenoxy) is 1. The summed E-state index contributed by atoms with van der Waals surface area (Å²) in [7, 11) is 0. The number of pyridine rings is 1. The number of hydrogen-bond donors (Lipinski definition) is 1. The van der Waals surface area contributed by atoms with Gasteiger partial charge in [0.05, 0.1) is 5.69 Å². The van der Waals surface area contributed by atoms with Crippen LogP contribution in [0.25, 0.3) is 0 Å². The zero-order valence-electron chi connectivity index (χ0n) is 11.3. The molecule has 0 amide bonds. The molecule has 19 heavy (non-hydrogen) atoms. The van der Waals surface area contributed by atoms with Crippen LogP contribution < -0.4 is 0 Å². The average molecular weight is 259 g/mol. The Morgan fingerprint density at radius 2 is 2.11 bits per heavy atom. The molecule has 2 aromatic rings. The molecule has 0 aliphatic rings. The minimum Gasteiger partial charge on any atom is -0.451 e. The van der Waals surface area contributed by atoms with Crippen LogP contribution in [0.4, 0.5) is 0 Å². The number of aromatic amines is 1. The summed E-state index contributed by atoms with van der Waals surface area (Å²) in [6, 6.07) is 7.22. The van der Waals surface area contributed by atoms with Crippen molar-refractivity contribution in [2.75, 3.05) is 0 Å². The van der Waals surface area contributed by atoms with E-state index in [4.69, 9.17) is 4.74 Å². The van der Waals surface area contributed by atoms with Gasteiger partial charge in [-0.05, 0) is 31.0 Å². The maximum atomic E-state index is 11.9. The third kappa shape index (κ3) is 3.19. The molecule has 0 fully saturated rings. The van der Waals surface area contributed by atoms with Crippen molar-refractivity contribution in [3.05, 3.63) is 47.5 Å². The highest BCUT2D eigenvalue weighted by Crippen LogP contribution is 2.17. The zero-order valence-corrected chi connectivity index (χ0v) is 11.3. The molecule has 0 radical (unpaired) electrons. The van der Waals surface area contributed by atoms with E-state index in [0.29, 0.717) is 11.6 Å². The normalized spacial score (nSPS) is 12.4. The lowest BCUT2D eigenvalue weighted by molar-refractivity contribution is 0.0322. The Morgan fingerprint density at radius 3 is 2.68 bits per heavy atom. The van der Waals surface area contributed by atoms with Gasteiger partial charge in [-0.2, -0.15) is 5.10 Å². The van der Waals surface area contributed by atoms with Crippen molar-refractivity contribution in [1.82, 2.24) is 15.2 Å². The number of carbonyl (C=O) groups excluding carboxylic acids is 1. The van der Waals surface area contributed by atoms with Crippen LogP contribution in [-0.4, -0.2) is 21.2 Å². The van der Waals surface area contributed by atoms with E-state index >= 15 is 0 Å². The SMILES string of the molecule is CC(C)c1cc(C(=O)O[C@@H](C)c2ccccn2)n[nH]1. The van der Waals surface area contributed by atoms with E-state index in [0.717, 1.165) is 11.4 Å². The first kappa shape index (κ1) is 13.3. The van der Waals surface area contributed by atoms with Gasteiger partial charge < -0.3 is 4.74 Å². The molecule has 2 aromatic heterocycles. The Hall–Kier alpha value is -2.17. The lowest BCUT2D eigenvalue weighted by Crippen LogP contribution is -2.10. The van der Waals surface area contributed by atoms with Crippen molar-refractivity contribution in [2.45, 2.75) is 32.8 Å². The fraction of sp³-hybridized carbons (Fsp3) is 0.357. The van der Waals surface area contributed by atoms with Gasteiger partial charge in [0.15, 0.2) is 5.69 Å². The van der Waals surface area contributed by atoms with Gasteiger partial charge in [0.25, 0.3) is 0 Å². The molecule has 0 aliphatic heterocycles. The highest BCUT2D eigenvalue weighted by atomic mass is 16.5. The molecule has 5 heteroatoms. The number of nitrogens with one attached hydrogen (secondary N) is 1. The van der Waals surface area contributed by atoms with Crippen LogP contribution in [-0.2, 0) is 4.74 Å². The molecule has 100 valence electrons. The van der Waals surface area contributed by atoms with Gasteiger partial charge in [0, 0.05) is 11.9 Å². The van der Waals surface area contributed by atoms with E-state index in [-0.39, 0.29) is 0 Å². The summed E-state index contributed by atoms with van der Waals surface area (Å²) < 4.78 is 5.33. The number of rotatable bonds is 4. The maximum absolute atomic E-state index is 11.9. The quantitative estimate of drug-likeness (QED) is 0.857. The number of hydrogen-bond acceptors (Lipinski definition) is 4. The van der Waals surface area contributed by atoms with Gasteiger partial charge in [0.1, 0.15) is 6.10 Å². The topological polar surface area (TPSA) is 67.9 Å². The van der Waals surface area contributed by atoms with Gasteiger partial charge in [0.2, 0.25) is 0 Å². The molecule has 0 aromatic carbocycles. The Kier molecular flexibility index (Phi) is 3.94. The van der Waals surface area contributed by atoms with Crippen LogP contribution in [0, 0.1) is 0 Å². The molecule has 2 rings (SSSR count). The largest absolute Gasteiger partial charge is 0.451 e. The Balaban J connectivity index is 2.04. The molecule has 0 aliphatic carbocycles. The molecule has 0 saturated carbocycles. The van der Waals surface area contributed by atoms with Crippen molar-refractivity contribution in [3.63, 3.8) is 0 Å². The number of aromatic nitrogens is 3. The molecule has 1 atom stereocenters. The van der Waals surface area contributed by atoms with Gasteiger partial charge >= 0.3 is 5.97 Å². The minimum atomic E-state index is -0.443. The lowest BCUT2D eigenvalue weighted by atomic mass is 10.1. The molecular formula is C14H17N3O2. The second-order valence-electron chi connectivity index (χ2n) is 4.67. The molecule has 0 bridgehead atoms. The Morgan fingerprint density at radius 1 is 1.32 bits per heavy atom. The molecule has 0 saturated heterocycles. The summed E-state index contributed by atoms with van der Waals surface area (Å²) in [4.78, 5) is 16.1. The van der Waals surface area contributed by atoms with E-state index in [1.54, 1.807) is 19.2 Å². The van der Waals surface area contributed by atoms with Crippen molar-refractivity contribution in [1.29, 1.82) is 0 Å². The third-order valence-electron chi connectivity index (χ3n) is 2.82. The first-order valence-corrected chi connectivity index (χ1v) is 6.25. The molecule has 5 nitrogen and oxygen atoms in total. The van der Waals surface area contributed by atoms with Gasteiger partial charge in [-0.25, -0.2) is 4.79 Å². The number of carbonyl (C=O) groups is 1. The van der Waals surface area contributed by atoms with E-state index in [2.05, 4.69) is 15.2 Å². The molecular weight excluding hydrogens is 242 g/mol. The predicted molar refractivity (Wildman–Crippen MR) is 70.7 cm³/mol. The lowest BCUT2D eigenvalue weighted by Gasteiger charge is -2.11. The van der Waals surface area contributed by atoms with Crippen molar-refractivity contribution >= 4 is 5.97 Å². The fourth-order valence-electron chi connectivity index (χ4n) is 1.63. The van der Waals surface area contributed by atoms with E-state index in [9.17, 15) is 4.79 Å². The summed E-state index contributed by atoms with van der Waals surface area (Å²) in [5, 5.41) is 6.80. The van der Waals surface area contributed by atoms with E-state index in [1.807, 2.05) is 32.0 Å². The van der Waals surface area contributed by atoms with Gasteiger partial charge in [-0.1, -0.05) is 19.9 Å². The standard InChI is InChI=1S/C14H17N3O2/c1-9(2)12-8-13(17-16-12)14(18)19-10(3)11-6-4-5-7-15-11/h4-10H,1-3H3,(H,16,17)/t10-/m0/s1. The molecule has 0 spiro atoms. The Labute approximate surface area is 112 Å². The summed E-state index contributed by atoms with van der Waals surface area (Å²) >= 11 is 0. The summed E-state index contributed by atoms with van der Waals surface area (Å²) in [6.07, 6.45) is 1.28. The van der Waals surface area contributed by atoms with Crippen LogP contribution in [0.2, 0.25) is 0 Å². The van der Waals surface area contributed by atoms with Crippen LogP contribution >= 0.6 is 0 Å². The number of nitrogens with zero attached hydrogens (tertiary/aromatic N) is 2. The second kappa shape index (κ2) is 5.65. The Bertz CT molecular complexity index is 549. The molecule has 1 N–H and O–H groups in total. The summed E-state index contributed by atoms with van der Waals surface area (Å²) in [5.41, 5.74) is 1.93. The minimum absolute atomic E-state index is 0.294. The van der Waals surface area contributed by atoms with Crippen LogP contribution in [0.5, 0.6) is 0 Å². The average Bonchev–Trinajstić information content (AvgIpc) is 2.89. The van der Waals surface area contributed by atoms with Crippen LogP contribution in [0.3, 0.4) is 0 Å². The molecule has 2 heterocycles. The molecule has 0 unspecified atom stereocenters. The maximum Gasteiger partial charge on any atom is 0.359 e. The fourth-order valence-corrected chi connectivity index (χ4v) is 1.63. The first-order chi connectivity index (χ1) is 9.08. The highest BCUT2D eigenvalue weighted by molar-refractivity contribution is 5.87. The highest BCUT2D eigenvalue weighted by Gasteiger charge is 2.17. The summed E-state index contributed by atoms with van der Waals surface area (Å²) in [5.74, 6) is -0.149. The van der Waals surface area contributed by atoms with E-state index in [1.165, 1.54) is 0 Å². The van der Waals surface area contributed by atoms with Crippen LogP contribution in [0.1, 0.15) is 54.7 Å². The number of esters is 1. The van der Waals surface area contributed by atoms with Crippen molar-refractivity contribution in [2.24, 2.45) is 0 Å². The van der Waals surface area contributed by atoms with E-state index < -0.39 is 12.1 Å². The van der Waals surface area contributed by atoms with Crippen LogP contribution in [0.15, 0.2) is 30.5 Å².